The van der Waals surface area contributed by atoms with Gasteiger partial charge in [-0.25, -0.2) is 13.1 Å². The van der Waals surface area contributed by atoms with Crippen LogP contribution in [0.2, 0.25) is 0 Å². The van der Waals surface area contributed by atoms with E-state index in [9.17, 15) is 13.2 Å². The molecule has 134 valence electrons. The minimum absolute atomic E-state index is 0.0618. The number of carbonyl (C=O) groups is 1. The number of hydrogen-bond donors (Lipinski definition) is 2. The average Bonchev–Trinajstić information content (AvgIpc) is 3.05. The molecule has 1 atom stereocenters. The third-order valence-electron chi connectivity index (χ3n) is 4.19. The van der Waals surface area contributed by atoms with Gasteiger partial charge in [0.1, 0.15) is 5.75 Å². The second-order valence-electron chi connectivity index (χ2n) is 6.24. The molecule has 1 aromatic rings. The van der Waals surface area contributed by atoms with Crippen LogP contribution in [0, 0.1) is 0 Å². The van der Waals surface area contributed by atoms with Gasteiger partial charge in [0.25, 0.3) is 5.91 Å². The Bertz CT molecular complexity index is 637. The minimum atomic E-state index is -3.52. The Morgan fingerprint density at radius 1 is 1.25 bits per heavy atom. The van der Waals surface area contributed by atoms with E-state index in [2.05, 4.69) is 10.0 Å². The molecule has 0 unspecified atom stereocenters. The quantitative estimate of drug-likeness (QED) is 0.749. The van der Waals surface area contributed by atoms with Gasteiger partial charge in [-0.1, -0.05) is 19.8 Å². The van der Waals surface area contributed by atoms with Crippen molar-refractivity contribution in [1.29, 1.82) is 0 Å². The van der Waals surface area contributed by atoms with Crippen molar-refractivity contribution in [3.8, 4) is 5.75 Å². The molecular weight excluding hydrogens is 328 g/mol. The standard InChI is InChI=1S/C17H26N2O4S/c1-3-13(2)19-24(21,22)16-10-8-15(9-11-16)23-12-17(20)18-14-6-4-5-7-14/h8-11,13-14,19H,3-7,12H2,1-2H3,(H,18,20)/t13-/m1/s1. The van der Waals surface area contributed by atoms with Gasteiger partial charge in [0.15, 0.2) is 6.61 Å². The number of sulfonamides is 1. The van der Waals surface area contributed by atoms with Gasteiger partial charge in [-0.2, -0.15) is 0 Å². The summed E-state index contributed by atoms with van der Waals surface area (Å²) < 4.78 is 32.3. The molecule has 2 rings (SSSR count). The van der Waals surface area contributed by atoms with Gasteiger partial charge in [0.05, 0.1) is 4.90 Å². The van der Waals surface area contributed by atoms with Crippen LogP contribution in [0.3, 0.4) is 0 Å². The Morgan fingerprint density at radius 3 is 2.46 bits per heavy atom. The topological polar surface area (TPSA) is 84.5 Å². The highest BCUT2D eigenvalue weighted by Gasteiger charge is 2.18. The van der Waals surface area contributed by atoms with Gasteiger partial charge in [-0.05, 0) is 50.5 Å². The van der Waals surface area contributed by atoms with E-state index in [0.29, 0.717) is 5.75 Å². The molecule has 1 aliphatic rings. The van der Waals surface area contributed by atoms with Crippen molar-refractivity contribution in [2.75, 3.05) is 6.61 Å². The van der Waals surface area contributed by atoms with Crippen LogP contribution in [-0.4, -0.2) is 33.0 Å². The summed E-state index contributed by atoms with van der Waals surface area (Å²) in [5.74, 6) is 0.330. The van der Waals surface area contributed by atoms with Gasteiger partial charge < -0.3 is 10.1 Å². The number of rotatable bonds is 8. The number of benzene rings is 1. The number of amides is 1. The summed E-state index contributed by atoms with van der Waals surface area (Å²) in [5, 5.41) is 2.94. The molecule has 24 heavy (non-hydrogen) atoms. The van der Waals surface area contributed by atoms with Gasteiger partial charge in [0, 0.05) is 12.1 Å². The molecule has 1 aliphatic carbocycles. The Hall–Kier alpha value is -1.60. The smallest absolute Gasteiger partial charge is 0.258 e. The largest absolute Gasteiger partial charge is 0.484 e. The molecule has 7 heteroatoms. The number of carbonyl (C=O) groups excluding carboxylic acids is 1. The monoisotopic (exact) mass is 354 g/mol. The van der Waals surface area contributed by atoms with Crippen LogP contribution in [0.4, 0.5) is 0 Å². The lowest BCUT2D eigenvalue weighted by Crippen LogP contribution is -2.36. The van der Waals surface area contributed by atoms with E-state index in [0.717, 1.165) is 32.1 Å². The van der Waals surface area contributed by atoms with E-state index in [1.807, 2.05) is 13.8 Å². The maximum Gasteiger partial charge on any atom is 0.258 e. The van der Waals surface area contributed by atoms with Gasteiger partial charge in [-0.15, -0.1) is 0 Å². The Morgan fingerprint density at radius 2 is 1.88 bits per heavy atom. The molecule has 0 saturated heterocycles. The predicted molar refractivity (Wildman–Crippen MR) is 92.4 cm³/mol. The number of nitrogens with one attached hydrogen (secondary N) is 2. The maximum absolute atomic E-state index is 12.2. The van der Waals surface area contributed by atoms with Crippen LogP contribution < -0.4 is 14.8 Å². The zero-order valence-electron chi connectivity index (χ0n) is 14.2. The van der Waals surface area contributed by atoms with E-state index >= 15 is 0 Å². The molecule has 0 heterocycles. The van der Waals surface area contributed by atoms with E-state index in [1.165, 1.54) is 12.1 Å². The fourth-order valence-corrected chi connectivity index (χ4v) is 3.95. The third-order valence-corrected chi connectivity index (χ3v) is 5.80. The number of hydrogen-bond acceptors (Lipinski definition) is 4. The highest BCUT2D eigenvalue weighted by molar-refractivity contribution is 7.89. The molecule has 1 fully saturated rings. The van der Waals surface area contributed by atoms with E-state index < -0.39 is 10.0 Å². The molecule has 1 saturated carbocycles. The van der Waals surface area contributed by atoms with Crippen molar-refractivity contribution in [2.45, 2.75) is 62.9 Å². The Labute approximate surface area is 144 Å². The first-order valence-electron chi connectivity index (χ1n) is 8.45. The highest BCUT2D eigenvalue weighted by atomic mass is 32.2. The van der Waals surface area contributed by atoms with Crippen molar-refractivity contribution in [2.24, 2.45) is 0 Å². The maximum atomic E-state index is 12.2. The van der Waals surface area contributed by atoms with Crippen molar-refractivity contribution in [3.05, 3.63) is 24.3 Å². The summed E-state index contributed by atoms with van der Waals surface area (Å²) in [6, 6.07) is 6.23. The molecule has 1 amide bonds. The van der Waals surface area contributed by atoms with Crippen molar-refractivity contribution < 1.29 is 17.9 Å². The van der Waals surface area contributed by atoms with Crippen molar-refractivity contribution >= 4 is 15.9 Å². The van der Waals surface area contributed by atoms with Gasteiger partial charge in [0.2, 0.25) is 10.0 Å². The fraction of sp³-hybridized carbons (Fsp3) is 0.588. The van der Waals surface area contributed by atoms with Gasteiger partial charge >= 0.3 is 0 Å². The molecule has 6 nitrogen and oxygen atoms in total. The Balaban J connectivity index is 1.86. The summed E-state index contributed by atoms with van der Waals surface area (Å²) in [5.41, 5.74) is 0. The van der Waals surface area contributed by atoms with Crippen LogP contribution in [0.25, 0.3) is 0 Å². The SMILES string of the molecule is CC[C@@H](C)NS(=O)(=O)c1ccc(OCC(=O)NC2CCCC2)cc1. The second kappa shape index (κ2) is 8.48. The molecule has 0 aromatic heterocycles. The summed E-state index contributed by atoms with van der Waals surface area (Å²) in [7, 11) is -3.52. The molecule has 0 spiro atoms. The summed E-state index contributed by atoms with van der Waals surface area (Å²) in [4.78, 5) is 12.0. The van der Waals surface area contributed by atoms with E-state index in [4.69, 9.17) is 4.74 Å². The zero-order chi connectivity index (χ0) is 17.6. The molecule has 2 N–H and O–H groups in total. The molecular formula is C17H26N2O4S. The van der Waals surface area contributed by atoms with Gasteiger partial charge in [-0.3, -0.25) is 4.79 Å². The fourth-order valence-electron chi connectivity index (χ4n) is 2.62. The summed E-state index contributed by atoms with van der Waals surface area (Å²) in [6.45, 7) is 3.67. The van der Waals surface area contributed by atoms with Crippen LogP contribution in [0.15, 0.2) is 29.2 Å². The second-order valence-corrected chi connectivity index (χ2v) is 7.95. The van der Waals surface area contributed by atoms with Crippen LogP contribution in [-0.2, 0) is 14.8 Å². The summed E-state index contributed by atoms with van der Waals surface area (Å²) >= 11 is 0. The molecule has 0 bridgehead atoms. The number of ether oxygens (including phenoxy) is 1. The first-order valence-corrected chi connectivity index (χ1v) is 9.93. The first kappa shape index (κ1) is 18.7. The highest BCUT2D eigenvalue weighted by Crippen LogP contribution is 2.18. The lowest BCUT2D eigenvalue weighted by Gasteiger charge is -2.13. The average molecular weight is 354 g/mol. The first-order chi connectivity index (χ1) is 11.4. The molecule has 1 aromatic carbocycles. The zero-order valence-corrected chi connectivity index (χ0v) is 15.1. The molecule has 0 aliphatic heterocycles. The van der Waals surface area contributed by atoms with E-state index in [-0.39, 0.29) is 29.5 Å². The summed E-state index contributed by atoms with van der Waals surface area (Å²) in [6.07, 6.45) is 5.10. The lowest BCUT2D eigenvalue weighted by molar-refractivity contribution is -0.123. The predicted octanol–water partition coefficient (Wildman–Crippen LogP) is 2.20. The van der Waals surface area contributed by atoms with Crippen molar-refractivity contribution in [1.82, 2.24) is 10.0 Å². The third kappa shape index (κ3) is 5.49. The van der Waals surface area contributed by atoms with E-state index in [1.54, 1.807) is 12.1 Å². The Kier molecular flexibility index (Phi) is 6.62. The van der Waals surface area contributed by atoms with Crippen LogP contribution in [0.1, 0.15) is 46.0 Å². The normalized spacial score (nSPS) is 16.8. The molecule has 0 radical (unpaired) electrons. The van der Waals surface area contributed by atoms with Crippen molar-refractivity contribution in [3.63, 3.8) is 0 Å². The minimum Gasteiger partial charge on any atom is -0.484 e. The van der Waals surface area contributed by atoms with Crippen LogP contribution >= 0.6 is 0 Å². The lowest BCUT2D eigenvalue weighted by atomic mass is 10.2. The van der Waals surface area contributed by atoms with Crippen LogP contribution in [0.5, 0.6) is 5.75 Å².